The summed E-state index contributed by atoms with van der Waals surface area (Å²) < 4.78 is 26.3. The molecule has 1 atom stereocenters. The number of nitrogens with zero attached hydrogens (tertiary/aromatic N) is 3. The average Bonchev–Trinajstić information content (AvgIpc) is 3.00. The van der Waals surface area contributed by atoms with E-state index >= 15 is 0 Å². The van der Waals surface area contributed by atoms with Crippen LogP contribution in [-0.2, 0) is 13.6 Å². The lowest BCUT2D eigenvalue weighted by atomic mass is 10.3. The first-order valence-corrected chi connectivity index (χ1v) is 13.8. The molecule has 0 saturated heterocycles. The Morgan fingerprint density at radius 3 is 2.16 bits per heavy atom. The molecule has 0 aliphatic heterocycles. The zero-order chi connectivity index (χ0) is 18.7. The Kier molecular flexibility index (Phi) is 6.38. The van der Waals surface area contributed by atoms with Crippen molar-refractivity contribution in [3.63, 3.8) is 0 Å². The molecule has 0 radical (unpaired) electrons. The van der Waals surface area contributed by atoms with Crippen LogP contribution in [0.25, 0.3) is 5.69 Å². The van der Waals surface area contributed by atoms with E-state index in [1.54, 1.807) is 4.68 Å². The van der Waals surface area contributed by atoms with E-state index in [1.165, 1.54) is 0 Å². The number of hydrogen-bond acceptors (Lipinski definition) is 5. The molecular formula is C17H28N3O3PSi. The highest BCUT2D eigenvalue weighted by atomic mass is 31.2. The Morgan fingerprint density at radius 2 is 1.68 bits per heavy atom. The predicted octanol–water partition coefficient (Wildman–Crippen LogP) is 4.14. The summed E-state index contributed by atoms with van der Waals surface area (Å²) >= 11 is 0. The van der Waals surface area contributed by atoms with Crippen molar-refractivity contribution in [2.75, 3.05) is 13.2 Å². The van der Waals surface area contributed by atoms with Gasteiger partial charge >= 0.3 is 7.60 Å². The number of rotatable bonds is 8. The van der Waals surface area contributed by atoms with Crippen LogP contribution in [0.1, 0.15) is 32.1 Å². The van der Waals surface area contributed by atoms with E-state index in [-0.39, 0.29) is 0 Å². The number of benzene rings is 1. The molecular weight excluding hydrogens is 353 g/mol. The van der Waals surface area contributed by atoms with Gasteiger partial charge in [0.25, 0.3) is 0 Å². The Balaban J connectivity index is 2.64. The number of hydrogen-bond donors (Lipinski definition) is 0. The molecule has 0 saturated carbocycles. The second-order valence-corrected chi connectivity index (χ2v) is 14.2. The third-order valence-electron chi connectivity index (χ3n) is 3.90. The van der Waals surface area contributed by atoms with Crippen molar-refractivity contribution in [1.82, 2.24) is 15.0 Å². The van der Waals surface area contributed by atoms with Gasteiger partial charge in [-0.3, -0.25) is 4.57 Å². The van der Waals surface area contributed by atoms with Crippen LogP contribution >= 0.6 is 7.60 Å². The fraction of sp³-hybridized carbons (Fsp3) is 0.529. The van der Waals surface area contributed by atoms with Gasteiger partial charge in [0, 0.05) is 0 Å². The van der Waals surface area contributed by atoms with Gasteiger partial charge in [-0.05, 0) is 32.9 Å². The Morgan fingerprint density at radius 1 is 1.12 bits per heavy atom. The highest BCUT2D eigenvalue weighted by molar-refractivity contribution is 7.54. The van der Waals surface area contributed by atoms with Gasteiger partial charge < -0.3 is 9.05 Å². The normalized spacial score (nSPS) is 13.8. The molecule has 0 aliphatic rings. The Bertz CT molecular complexity index is 733. The first-order valence-electron chi connectivity index (χ1n) is 8.65. The van der Waals surface area contributed by atoms with Crippen LogP contribution < -0.4 is 5.32 Å². The van der Waals surface area contributed by atoms with Crippen LogP contribution in [0.15, 0.2) is 30.3 Å². The van der Waals surface area contributed by atoms with Crippen LogP contribution in [0.5, 0.6) is 0 Å². The third-order valence-corrected chi connectivity index (χ3v) is 8.11. The first-order chi connectivity index (χ1) is 11.7. The minimum atomic E-state index is -3.32. The zero-order valence-electron chi connectivity index (χ0n) is 15.9. The van der Waals surface area contributed by atoms with E-state index in [4.69, 9.17) is 9.05 Å². The lowest BCUT2D eigenvalue weighted by molar-refractivity contribution is 0.213. The maximum Gasteiger partial charge on any atom is 0.339 e. The van der Waals surface area contributed by atoms with Crippen molar-refractivity contribution in [3.05, 3.63) is 36.0 Å². The molecule has 0 aliphatic carbocycles. The van der Waals surface area contributed by atoms with Crippen molar-refractivity contribution >= 4 is 21.0 Å². The molecule has 25 heavy (non-hydrogen) atoms. The molecule has 1 aromatic carbocycles. The van der Waals surface area contributed by atoms with Crippen LogP contribution in [0.4, 0.5) is 0 Å². The molecule has 6 nitrogen and oxygen atoms in total. The molecule has 1 aromatic heterocycles. The van der Waals surface area contributed by atoms with Crippen molar-refractivity contribution < 1.29 is 13.6 Å². The van der Waals surface area contributed by atoms with E-state index in [1.807, 2.05) is 51.1 Å². The van der Waals surface area contributed by atoms with Gasteiger partial charge in [-0.1, -0.05) is 43.1 Å². The topological polar surface area (TPSA) is 66.2 Å². The molecule has 0 N–H and O–H groups in total. The summed E-state index contributed by atoms with van der Waals surface area (Å²) in [5.74, 6) is 0. The molecule has 0 spiro atoms. The van der Waals surface area contributed by atoms with Crippen molar-refractivity contribution in [2.24, 2.45) is 0 Å². The molecule has 0 fully saturated rings. The molecule has 1 heterocycles. The predicted molar refractivity (Wildman–Crippen MR) is 104 cm³/mol. The van der Waals surface area contributed by atoms with E-state index in [9.17, 15) is 4.57 Å². The molecule has 138 valence electrons. The molecule has 2 aromatic rings. The largest absolute Gasteiger partial charge is 0.339 e. The Hall–Kier alpha value is -1.27. The van der Waals surface area contributed by atoms with Crippen molar-refractivity contribution in [3.8, 4) is 5.69 Å². The average molecular weight is 381 g/mol. The fourth-order valence-electron chi connectivity index (χ4n) is 2.73. The lowest BCUT2D eigenvalue weighted by Crippen LogP contribution is -2.42. The van der Waals surface area contributed by atoms with E-state index < -0.39 is 21.3 Å². The molecule has 0 amide bonds. The minimum Gasteiger partial charge on any atom is -0.308 e. The van der Waals surface area contributed by atoms with Gasteiger partial charge in [0.15, 0.2) is 0 Å². The number of aromatic nitrogens is 3. The second-order valence-electron chi connectivity index (χ2n) is 6.87. The van der Waals surface area contributed by atoms with Gasteiger partial charge in [0.05, 0.1) is 29.9 Å². The zero-order valence-corrected chi connectivity index (χ0v) is 17.8. The van der Waals surface area contributed by atoms with Crippen LogP contribution in [-0.4, -0.2) is 36.3 Å². The monoisotopic (exact) mass is 381 g/mol. The van der Waals surface area contributed by atoms with Crippen LogP contribution in [0.2, 0.25) is 19.6 Å². The molecule has 8 heteroatoms. The van der Waals surface area contributed by atoms with Gasteiger partial charge in [-0.2, -0.15) is 0 Å². The van der Waals surface area contributed by atoms with Gasteiger partial charge in [-0.25, -0.2) is 4.68 Å². The van der Waals surface area contributed by atoms with E-state index in [2.05, 4.69) is 30.0 Å². The van der Waals surface area contributed by atoms with Gasteiger partial charge in [0.2, 0.25) is 0 Å². The lowest BCUT2D eigenvalue weighted by Gasteiger charge is -2.26. The minimum absolute atomic E-state index is 0.330. The summed E-state index contributed by atoms with van der Waals surface area (Å²) in [4.78, 5) is 0. The van der Waals surface area contributed by atoms with Gasteiger partial charge in [0.1, 0.15) is 13.7 Å². The molecule has 2 rings (SSSR count). The maximum atomic E-state index is 13.4. The highest BCUT2D eigenvalue weighted by Gasteiger charge is 2.40. The third kappa shape index (κ3) is 4.29. The summed E-state index contributed by atoms with van der Waals surface area (Å²) in [5, 5.41) is 9.77. The maximum absolute atomic E-state index is 13.4. The standard InChI is InChI=1S/C17H28N3O3PSi/c1-7-22-24(21,23-8-2)14(3)16-17(25(4,5)6)18-19-20(16)15-12-10-9-11-13-15/h9-14H,7-8H2,1-6H3. The molecule has 0 bridgehead atoms. The quantitative estimate of drug-likeness (QED) is 0.508. The highest BCUT2D eigenvalue weighted by Crippen LogP contribution is 2.60. The van der Waals surface area contributed by atoms with Gasteiger partial charge in [-0.15, -0.1) is 5.10 Å². The first kappa shape index (κ1) is 20.0. The van der Waals surface area contributed by atoms with Crippen molar-refractivity contribution in [2.45, 2.75) is 46.1 Å². The summed E-state index contributed by atoms with van der Waals surface area (Å²) in [6, 6.07) is 9.78. The second kappa shape index (κ2) is 7.95. The smallest absolute Gasteiger partial charge is 0.308 e. The summed E-state index contributed by atoms with van der Waals surface area (Å²) in [5.41, 5.74) is 1.26. The van der Waals surface area contributed by atoms with Crippen molar-refractivity contribution in [1.29, 1.82) is 0 Å². The van der Waals surface area contributed by atoms with E-state index in [0.717, 1.165) is 16.7 Å². The Labute approximate surface area is 151 Å². The SMILES string of the molecule is CCOP(=O)(OCC)C(C)c1c([Si](C)(C)C)nnn1-c1ccccc1. The summed E-state index contributed by atoms with van der Waals surface area (Å²) in [6.07, 6.45) is 0. The summed E-state index contributed by atoms with van der Waals surface area (Å²) in [6.45, 7) is 12.8. The van der Waals surface area contributed by atoms with E-state index in [0.29, 0.717) is 13.2 Å². The molecule has 1 unspecified atom stereocenters. The fourth-order valence-corrected chi connectivity index (χ4v) is 6.06. The van der Waals surface area contributed by atoms with Crippen LogP contribution in [0.3, 0.4) is 0 Å². The summed E-state index contributed by atoms with van der Waals surface area (Å²) in [7, 11) is -5.13. The number of para-hydroxylation sites is 1. The van der Waals surface area contributed by atoms with Crippen LogP contribution in [0, 0.1) is 0 Å².